The molecule has 0 saturated carbocycles. The molecular formula is C22H18N2O6. The van der Waals surface area contributed by atoms with E-state index in [0.717, 1.165) is 0 Å². The van der Waals surface area contributed by atoms with Gasteiger partial charge in [-0.15, -0.1) is 0 Å². The normalized spacial score (nSPS) is 10.2. The van der Waals surface area contributed by atoms with Crippen molar-refractivity contribution in [2.75, 3.05) is 19.0 Å². The van der Waals surface area contributed by atoms with Crippen molar-refractivity contribution in [3.8, 4) is 11.5 Å². The lowest BCUT2D eigenvalue weighted by molar-refractivity contribution is -0.384. The second-order valence-electron chi connectivity index (χ2n) is 6.22. The van der Waals surface area contributed by atoms with Crippen LogP contribution in [-0.4, -0.2) is 30.3 Å². The van der Waals surface area contributed by atoms with E-state index in [1.165, 1.54) is 24.3 Å². The third-order valence-corrected chi connectivity index (χ3v) is 4.23. The van der Waals surface area contributed by atoms with Gasteiger partial charge < -0.3 is 14.8 Å². The number of anilines is 1. The van der Waals surface area contributed by atoms with Gasteiger partial charge in [-0.3, -0.25) is 19.7 Å². The molecular weight excluding hydrogens is 388 g/mol. The molecule has 0 saturated heterocycles. The average molecular weight is 406 g/mol. The van der Waals surface area contributed by atoms with Crippen LogP contribution in [0.4, 0.5) is 11.4 Å². The minimum atomic E-state index is -0.528. The molecule has 3 aromatic rings. The monoisotopic (exact) mass is 406 g/mol. The van der Waals surface area contributed by atoms with Crippen LogP contribution in [0.5, 0.6) is 11.5 Å². The Balaban J connectivity index is 1.54. The van der Waals surface area contributed by atoms with E-state index in [4.69, 9.17) is 9.47 Å². The number of benzene rings is 3. The number of carbonyl (C=O) groups excluding carboxylic acids is 2. The molecule has 0 bridgehead atoms. The third-order valence-electron chi connectivity index (χ3n) is 4.23. The average Bonchev–Trinajstić information content (AvgIpc) is 2.78. The highest BCUT2D eigenvalue weighted by molar-refractivity contribution is 6.04. The number of non-ortho nitro benzene ring substituents is 1. The number of nitrogens with zero attached hydrogens (tertiary/aromatic N) is 1. The van der Waals surface area contributed by atoms with E-state index in [1.807, 2.05) is 0 Å². The van der Waals surface area contributed by atoms with Crippen molar-refractivity contribution in [2.45, 2.75) is 0 Å². The van der Waals surface area contributed by atoms with Gasteiger partial charge in [0.25, 0.3) is 11.6 Å². The Kier molecular flexibility index (Phi) is 6.39. The number of amides is 1. The number of nitro benzene ring substituents is 1. The van der Waals surface area contributed by atoms with Crippen molar-refractivity contribution in [1.29, 1.82) is 0 Å². The zero-order chi connectivity index (χ0) is 21.5. The van der Waals surface area contributed by atoms with Crippen LogP contribution in [0.15, 0.2) is 72.8 Å². The number of hydrogen-bond donors (Lipinski definition) is 1. The summed E-state index contributed by atoms with van der Waals surface area (Å²) in [5.74, 6) is 0.575. The largest absolute Gasteiger partial charge is 0.497 e. The first kappa shape index (κ1) is 20.5. The molecule has 0 aliphatic carbocycles. The van der Waals surface area contributed by atoms with Crippen LogP contribution in [0.25, 0.3) is 0 Å². The predicted molar refractivity (Wildman–Crippen MR) is 110 cm³/mol. The highest BCUT2D eigenvalue weighted by atomic mass is 16.6. The van der Waals surface area contributed by atoms with Crippen LogP contribution in [0.1, 0.15) is 20.7 Å². The van der Waals surface area contributed by atoms with Gasteiger partial charge in [-0.2, -0.15) is 0 Å². The lowest BCUT2D eigenvalue weighted by Gasteiger charge is -2.08. The molecule has 1 amide bonds. The van der Waals surface area contributed by atoms with Gasteiger partial charge in [0.15, 0.2) is 12.4 Å². The van der Waals surface area contributed by atoms with E-state index < -0.39 is 10.8 Å². The van der Waals surface area contributed by atoms with E-state index in [2.05, 4.69) is 5.32 Å². The topological polar surface area (TPSA) is 108 Å². The van der Waals surface area contributed by atoms with Crippen molar-refractivity contribution >= 4 is 23.1 Å². The molecule has 0 fully saturated rings. The number of hydrogen-bond acceptors (Lipinski definition) is 6. The van der Waals surface area contributed by atoms with E-state index in [9.17, 15) is 19.7 Å². The maximum atomic E-state index is 12.2. The molecule has 152 valence electrons. The lowest BCUT2D eigenvalue weighted by atomic mass is 10.1. The Morgan fingerprint density at radius 1 is 0.867 bits per heavy atom. The minimum absolute atomic E-state index is 0.0859. The summed E-state index contributed by atoms with van der Waals surface area (Å²) in [6.45, 7) is -0.124. The number of ether oxygens (including phenoxy) is 2. The zero-order valence-corrected chi connectivity index (χ0v) is 16.0. The van der Waals surface area contributed by atoms with Crippen LogP contribution < -0.4 is 14.8 Å². The molecule has 3 rings (SSSR count). The van der Waals surface area contributed by atoms with Crippen LogP contribution >= 0.6 is 0 Å². The number of carbonyl (C=O) groups is 2. The van der Waals surface area contributed by atoms with Gasteiger partial charge >= 0.3 is 0 Å². The molecule has 0 aliphatic rings. The van der Waals surface area contributed by atoms with E-state index >= 15 is 0 Å². The fraction of sp³-hybridized carbons (Fsp3) is 0.0909. The summed E-state index contributed by atoms with van der Waals surface area (Å²) in [5.41, 5.74) is 1.25. The highest BCUT2D eigenvalue weighted by Crippen LogP contribution is 2.18. The molecule has 0 heterocycles. The first-order valence-corrected chi connectivity index (χ1v) is 8.92. The quantitative estimate of drug-likeness (QED) is 0.343. The van der Waals surface area contributed by atoms with Crippen molar-refractivity contribution in [3.63, 3.8) is 0 Å². The molecule has 0 radical (unpaired) electrons. The maximum Gasteiger partial charge on any atom is 0.269 e. The minimum Gasteiger partial charge on any atom is -0.497 e. The SMILES string of the molecule is COc1ccc(C(=O)COc2ccc(NC(=O)c3ccc([N+](=O)[O-])cc3)cc2)cc1. The molecule has 0 spiro atoms. The Morgan fingerprint density at radius 2 is 1.43 bits per heavy atom. The van der Waals surface area contributed by atoms with Crippen LogP contribution in [0.2, 0.25) is 0 Å². The summed E-state index contributed by atoms with van der Waals surface area (Å²) in [4.78, 5) is 34.6. The summed E-state index contributed by atoms with van der Waals surface area (Å²) in [7, 11) is 1.55. The van der Waals surface area contributed by atoms with E-state index in [0.29, 0.717) is 28.3 Å². The second-order valence-corrected chi connectivity index (χ2v) is 6.22. The molecule has 0 unspecified atom stereocenters. The van der Waals surface area contributed by atoms with Crippen LogP contribution in [0.3, 0.4) is 0 Å². The highest BCUT2D eigenvalue weighted by Gasteiger charge is 2.10. The van der Waals surface area contributed by atoms with Crippen LogP contribution in [-0.2, 0) is 0 Å². The molecule has 0 aliphatic heterocycles. The van der Waals surface area contributed by atoms with Gasteiger partial charge in [-0.25, -0.2) is 0 Å². The van der Waals surface area contributed by atoms with Gasteiger partial charge in [-0.1, -0.05) is 0 Å². The number of methoxy groups -OCH3 is 1. The second kappa shape index (κ2) is 9.33. The fourth-order valence-electron chi connectivity index (χ4n) is 2.58. The molecule has 0 aromatic heterocycles. The number of rotatable bonds is 8. The van der Waals surface area contributed by atoms with Gasteiger partial charge in [-0.05, 0) is 60.7 Å². The summed E-state index contributed by atoms with van der Waals surface area (Å²) in [5, 5.41) is 13.4. The van der Waals surface area contributed by atoms with Crippen molar-refractivity contribution < 1.29 is 24.0 Å². The molecule has 1 N–H and O–H groups in total. The van der Waals surface area contributed by atoms with E-state index in [-0.39, 0.29) is 18.1 Å². The first-order chi connectivity index (χ1) is 14.5. The molecule has 0 atom stereocenters. The fourth-order valence-corrected chi connectivity index (χ4v) is 2.58. The van der Waals surface area contributed by atoms with Crippen molar-refractivity contribution in [1.82, 2.24) is 0 Å². The third kappa shape index (κ3) is 5.20. The Morgan fingerprint density at radius 3 is 2.00 bits per heavy atom. The van der Waals surface area contributed by atoms with E-state index in [1.54, 1.807) is 55.6 Å². The maximum absolute atomic E-state index is 12.2. The van der Waals surface area contributed by atoms with Gasteiger partial charge in [0, 0.05) is 28.9 Å². The summed E-state index contributed by atoms with van der Waals surface area (Å²) in [6.07, 6.45) is 0. The van der Waals surface area contributed by atoms with Crippen molar-refractivity contribution in [2.24, 2.45) is 0 Å². The summed E-state index contributed by atoms with van der Waals surface area (Å²) in [6, 6.07) is 18.6. The standard InChI is InChI=1S/C22H18N2O6/c1-29-19-10-4-15(5-11-19)21(25)14-30-20-12-6-17(7-13-20)23-22(26)16-2-8-18(9-3-16)24(27)28/h2-13H,14H2,1H3,(H,23,26). The molecule has 8 nitrogen and oxygen atoms in total. The molecule has 3 aromatic carbocycles. The Hall–Kier alpha value is -4.20. The molecule has 30 heavy (non-hydrogen) atoms. The van der Waals surface area contributed by atoms with Crippen LogP contribution in [0, 0.1) is 10.1 Å². The lowest BCUT2D eigenvalue weighted by Crippen LogP contribution is -2.12. The zero-order valence-electron chi connectivity index (χ0n) is 16.0. The van der Waals surface area contributed by atoms with Crippen molar-refractivity contribution in [3.05, 3.63) is 94.0 Å². The number of nitro groups is 1. The Labute approximate surface area is 172 Å². The molecule has 8 heteroatoms. The van der Waals surface area contributed by atoms with Gasteiger partial charge in [0.1, 0.15) is 11.5 Å². The summed E-state index contributed by atoms with van der Waals surface area (Å²) >= 11 is 0. The predicted octanol–water partition coefficient (Wildman–Crippen LogP) is 4.12. The van der Waals surface area contributed by atoms with Gasteiger partial charge in [0.2, 0.25) is 0 Å². The smallest absolute Gasteiger partial charge is 0.269 e. The summed E-state index contributed by atoms with van der Waals surface area (Å²) < 4.78 is 10.6. The number of Topliss-reactive ketones (excluding diaryl/α,β-unsaturated/α-hetero) is 1. The number of ketones is 1. The number of nitrogens with one attached hydrogen (secondary N) is 1. The Bertz CT molecular complexity index is 1040. The first-order valence-electron chi connectivity index (χ1n) is 8.92. The van der Waals surface area contributed by atoms with Gasteiger partial charge in [0.05, 0.1) is 12.0 Å².